The van der Waals surface area contributed by atoms with Crippen LogP contribution in [0.25, 0.3) is 0 Å². The van der Waals surface area contributed by atoms with E-state index in [0.717, 1.165) is 0 Å². The minimum Gasteiger partial charge on any atom is -0.444 e. The molecule has 0 radical (unpaired) electrons. The summed E-state index contributed by atoms with van der Waals surface area (Å²) in [6.07, 6.45) is -4.36. The van der Waals surface area contributed by atoms with Crippen LogP contribution in [-0.2, 0) is 4.74 Å². The van der Waals surface area contributed by atoms with Gasteiger partial charge >= 0.3 is 12.3 Å². The molecule has 0 saturated carbocycles. The van der Waals surface area contributed by atoms with Gasteiger partial charge in [-0.3, -0.25) is 0 Å². The molecule has 1 unspecified atom stereocenters. The number of likely N-dealkylation sites (tertiary alicyclic amines) is 1. The van der Waals surface area contributed by atoms with Gasteiger partial charge in [0.25, 0.3) is 0 Å². The Morgan fingerprint density at radius 2 is 1.81 bits per heavy atom. The number of hydrogen-bond acceptors (Lipinski definition) is 3. The Hall–Kier alpha value is -0.980. The molecular weight excluding hydrogens is 285 g/mol. The third kappa shape index (κ3) is 6.54. The number of nitrogens with two attached hydrogens (primary N) is 1. The monoisotopic (exact) mass is 310 g/mol. The van der Waals surface area contributed by atoms with Crippen LogP contribution in [-0.4, -0.2) is 42.4 Å². The second-order valence-corrected chi connectivity index (χ2v) is 6.62. The molecule has 21 heavy (non-hydrogen) atoms. The first-order valence-corrected chi connectivity index (χ1v) is 7.26. The molecule has 4 nitrogen and oxygen atoms in total. The number of nitrogens with zero attached hydrogens (tertiary/aromatic N) is 1. The molecule has 2 N–H and O–H groups in total. The molecule has 1 heterocycles. The lowest BCUT2D eigenvalue weighted by atomic mass is 9.82. The number of ether oxygens (including phenoxy) is 1. The zero-order valence-electron chi connectivity index (χ0n) is 12.9. The molecular formula is C14H25F3N2O2. The van der Waals surface area contributed by atoms with Gasteiger partial charge in [0, 0.05) is 19.5 Å². The number of amides is 1. The van der Waals surface area contributed by atoms with E-state index in [2.05, 4.69) is 0 Å². The summed E-state index contributed by atoms with van der Waals surface area (Å²) in [6, 6.07) is 0. The first-order chi connectivity index (χ1) is 9.52. The summed E-state index contributed by atoms with van der Waals surface area (Å²) < 4.78 is 42.8. The number of carbonyl (C=O) groups is 1. The number of hydrogen-bond donors (Lipinski definition) is 1. The molecule has 1 rings (SSSR count). The van der Waals surface area contributed by atoms with E-state index in [1.165, 1.54) is 0 Å². The van der Waals surface area contributed by atoms with Gasteiger partial charge in [0.05, 0.1) is 0 Å². The number of carbonyl (C=O) groups excluding carboxylic acids is 1. The zero-order valence-corrected chi connectivity index (χ0v) is 12.9. The maximum atomic E-state index is 12.5. The van der Waals surface area contributed by atoms with E-state index >= 15 is 0 Å². The Morgan fingerprint density at radius 3 is 2.19 bits per heavy atom. The zero-order chi connectivity index (χ0) is 16.3. The fourth-order valence-corrected chi connectivity index (χ4v) is 2.62. The topological polar surface area (TPSA) is 55.6 Å². The van der Waals surface area contributed by atoms with E-state index < -0.39 is 30.2 Å². The lowest BCUT2D eigenvalue weighted by molar-refractivity contribution is -0.149. The first kappa shape index (κ1) is 18.1. The van der Waals surface area contributed by atoms with Crippen LogP contribution >= 0.6 is 0 Å². The van der Waals surface area contributed by atoms with Gasteiger partial charge in [0.1, 0.15) is 5.60 Å². The van der Waals surface area contributed by atoms with Crippen LogP contribution in [0.15, 0.2) is 0 Å². The molecule has 0 bridgehead atoms. The number of alkyl halides is 3. The van der Waals surface area contributed by atoms with Gasteiger partial charge in [-0.1, -0.05) is 0 Å². The third-order valence-corrected chi connectivity index (χ3v) is 3.65. The highest BCUT2D eigenvalue weighted by molar-refractivity contribution is 5.68. The Balaban J connectivity index is 2.49. The van der Waals surface area contributed by atoms with Gasteiger partial charge in [0.15, 0.2) is 0 Å². The minimum atomic E-state index is -4.19. The number of piperidine rings is 1. The van der Waals surface area contributed by atoms with Crippen LogP contribution in [0.4, 0.5) is 18.0 Å². The molecule has 124 valence electrons. The minimum absolute atomic E-state index is 0.0244. The predicted octanol–water partition coefficient (Wildman–Crippen LogP) is 3.16. The van der Waals surface area contributed by atoms with Crippen molar-refractivity contribution in [2.75, 3.05) is 19.6 Å². The molecule has 0 aromatic heterocycles. The Bertz CT molecular complexity index is 345. The summed E-state index contributed by atoms with van der Waals surface area (Å²) >= 11 is 0. The van der Waals surface area contributed by atoms with E-state index in [-0.39, 0.29) is 12.5 Å². The lowest BCUT2D eigenvalue weighted by Crippen LogP contribution is -2.44. The Labute approximate surface area is 123 Å². The molecule has 0 aliphatic carbocycles. The lowest BCUT2D eigenvalue weighted by Gasteiger charge is -2.36. The summed E-state index contributed by atoms with van der Waals surface area (Å²) in [7, 11) is 0. The first-order valence-electron chi connectivity index (χ1n) is 7.26. The maximum absolute atomic E-state index is 12.5. The normalized spacial score (nSPS) is 19.5. The van der Waals surface area contributed by atoms with Crippen molar-refractivity contribution in [2.24, 2.45) is 17.6 Å². The van der Waals surface area contributed by atoms with E-state index in [1.54, 1.807) is 25.7 Å². The van der Waals surface area contributed by atoms with Crippen molar-refractivity contribution in [3.05, 3.63) is 0 Å². The summed E-state index contributed by atoms with van der Waals surface area (Å²) in [6.45, 7) is 6.22. The summed E-state index contributed by atoms with van der Waals surface area (Å²) in [5.41, 5.74) is 4.92. The fraction of sp³-hybridized carbons (Fsp3) is 0.929. The maximum Gasteiger partial charge on any atom is 0.410 e. The molecule has 1 aliphatic rings. The summed E-state index contributed by atoms with van der Waals surface area (Å²) in [4.78, 5) is 13.4. The van der Waals surface area contributed by atoms with Crippen LogP contribution in [0.1, 0.15) is 40.0 Å². The molecule has 0 aromatic carbocycles. The fourth-order valence-electron chi connectivity index (χ4n) is 2.62. The van der Waals surface area contributed by atoms with Crippen LogP contribution < -0.4 is 5.73 Å². The van der Waals surface area contributed by atoms with Crippen molar-refractivity contribution in [1.29, 1.82) is 0 Å². The Kier molecular flexibility index (Phi) is 5.90. The van der Waals surface area contributed by atoms with Crippen molar-refractivity contribution >= 4 is 6.09 Å². The molecule has 1 atom stereocenters. The number of halogens is 3. The van der Waals surface area contributed by atoms with Crippen LogP contribution in [0.5, 0.6) is 0 Å². The average molecular weight is 310 g/mol. The van der Waals surface area contributed by atoms with Gasteiger partial charge in [-0.2, -0.15) is 13.2 Å². The van der Waals surface area contributed by atoms with E-state index in [0.29, 0.717) is 25.9 Å². The van der Waals surface area contributed by atoms with Crippen LogP contribution in [0.2, 0.25) is 0 Å². The van der Waals surface area contributed by atoms with Crippen LogP contribution in [0.3, 0.4) is 0 Å². The highest BCUT2D eigenvalue weighted by Gasteiger charge is 2.37. The third-order valence-electron chi connectivity index (χ3n) is 3.65. The van der Waals surface area contributed by atoms with Gasteiger partial charge < -0.3 is 15.4 Å². The SMILES string of the molecule is CC(C)(C)OC(=O)N1CCC(C(CN)CC(F)(F)F)CC1. The average Bonchev–Trinajstić information content (AvgIpc) is 2.33. The van der Waals surface area contributed by atoms with Crippen molar-refractivity contribution in [3.63, 3.8) is 0 Å². The smallest absolute Gasteiger partial charge is 0.410 e. The highest BCUT2D eigenvalue weighted by atomic mass is 19.4. The summed E-state index contributed by atoms with van der Waals surface area (Å²) in [5, 5.41) is 0. The van der Waals surface area contributed by atoms with Gasteiger partial charge in [-0.05, 0) is 52.0 Å². The molecule has 1 aliphatic heterocycles. The second-order valence-electron chi connectivity index (χ2n) is 6.62. The number of rotatable bonds is 3. The van der Waals surface area contributed by atoms with Crippen molar-refractivity contribution in [3.8, 4) is 0 Å². The molecule has 7 heteroatoms. The quantitative estimate of drug-likeness (QED) is 0.871. The van der Waals surface area contributed by atoms with E-state index in [1.807, 2.05) is 0 Å². The van der Waals surface area contributed by atoms with Gasteiger partial charge in [0.2, 0.25) is 0 Å². The van der Waals surface area contributed by atoms with E-state index in [9.17, 15) is 18.0 Å². The molecule has 0 spiro atoms. The molecule has 1 saturated heterocycles. The molecule has 1 fully saturated rings. The van der Waals surface area contributed by atoms with Crippen molar-refractivity contribution in [1.82, 2.24) is 4.90 Å². The van der Waals surface area contributed by atoms with E-state index in [4.69, 9.17) is 10.5 Å². The van der Waals surface area contributed by atoms with Crippen molar-refractivity contribution in [2.45, 2.75) is 51.8 Å². The van der Waals surface area contributed by atoms with Crippen molar-refractivity contribution < 1.29 is 22.7 Å². The highest BCUT2D eigenvalue weighted by Crippen LogP contribution is 2.33. The molecule has 1 amide bonds. The van der Waals surface area contributed by atoms with Crippen LogP contribution in [0, 0.1) is 11.8 Å². The van der Waals surface area contributed by atoms with Gasteiger partial charge in [-0.15, -0.1) is 0 Å². The predicted molar refractivity (Wildman–Crippen MR) is 73.7 cm³/mol. The standard InChI is InChI=1S/C14H25F3N2O2/c1-13(2,3)21-12(20)19-6-4-10(5-7-19)11(9-18)8-14(15,16)17/h10-11H,4-9,18H2,1-3H3. The summed E-state index contributed by atoms with van der Waals surface area (Å²) in [5.74, 6) is -0.652. The largest absolute Gasteiger partial charge is 0.444 e. The Morgan fingerprint density at radius 1 is 1.29 bits per heavy atom. The van der Waals surface area contributed by atoms with Gasteiger partial charge in [-0.25, -0.2) is 4.79 Å². The molecule has 0 aromatic rings. The second kappa shape index (κ2) is 6.85.